The van der Waals surface area contributed by atoms with Crippen molar-refractivity contribution in [1.29, 1.82) is 0 Å². The van der Waals surface area contributed by atoms with Crippen molar-refractivity contribution in [3.05, 3.63) is 83.6 Å². The van der Waals surface area contributed by atoms with Crippen LogP contribution in [-0.2, 0) is 10.2 Å². The number of fused-ring (bicyclic) bond motifs is 1. The number of aromatic nitrogens is 2. The quantitative estimate of drug-likeness (QED) is 0.318. The Bertz CT molecular complexity index is 1430. The maximum atomic E-state index is 12.3. The summed E-state index contributed by atoms with van der Waals surface area (Å²) in [6, 6.07) is 21.9. The van der Waals surface area contributed by atoms with E-state index in [0.29, 0.717) is 5.56 Å². The van der Waals surface area contributed by atoms with Gasteiger partial charge in [-0.25, -0.2) is 0 Å². The van der Waals surface area contributed by atoms with Crippen LogP contribution in [0.2, 0.25) is 0 Å². The van der Waals surface area contributed by atoms with Gasteiger partial charge in [0.15, 0.2) is 0 Å². The van der Waals surface area contributed by atoms with Gasteiger partial charge in [-0.15, -0.1) is 0 Å². The number of ether oxygens (including phenoxy) is 1. The lowest BCUT2D eigenvalue weighted by Crippen LogP contribution is -2.26. The van der Waals surface area contributed by atoms with Crippen molar-refractivity contribution in [1.82, 2.24) is 15.1 Å². The van der Waals surface area contributed by atoms with Gasteiger partial charge in [-0.2, -0.15) is 5.10 Å². The molecule has 0 radical (unpaired) electrons. The van der Waals surface area contributed by atoms with Crippen LogP contribution in [0.5, 0.6) is 5.75 Å². The molecular formula is C30H33N3O4. The Kier molecular flexibility index (Phi) is 7.34. The second kappa shape index (κ2) is 10.5. The Morgan fingerprint density at radius 3 is 2.32 bits per heavy atom. The van der Waals surface area contributed by atoms with Gasteiger partial charge in [-0.3, -0.25) is 14.3 Å². The van der Waals surface area contributed by atoms with Crippen LogP contribution in [0.1, 0.15) is 61.8 Å². The molecule has 1 aromatic heterocycles. The molecule has 2 N–H and O–H groups in total. The van der Waals surface area contributed by atoms with E-state index in [9.17, 15) is 9.59 Å². The molecule has 7 heteroatoms. The molecular weight excluding hydrogens is 466 g/mol. The first-order valence-electron chi connectivity index (χ1n) is 12.3. The number of rotatable bonds is 8. The van der Waals surface area contributed by atoms with Gasteiger partial charge in [-0.05, 0) is 59.7 Å². The molecule has 37 heavy (non-hydrogen) atoms. The Morgan fingerprint density at radius 2 is 1.68 bits per heavy atom. The number of carbonyl (C=O) groups excluding carboxylic acids is 1. The minimum atomic E-state index is -0.944. The van der Waals surface area contributed by atoms with Crippen LogP contribution in [-0.4, -0.2) is 40.4 Å². The molecule has 192 valence electrons. The second-order valence-corrected chi connectivity index (χ2v) is 10.2. The highest BCUT2D eigenvalue weighted by Crippen LogP contribution is 2.33. The van der Waals surface area contributed by atoms with Gasteiger partial charge in [0.25, 0.3) is 5.91 Å². The Morgan fingerprint density at radius 1 is 1.00 bits per heavy atom. The van der Waals surface area contributed by atoms with Gasteiger partial charge in [0.05, 0.1) is 31.0 Å². The minimum absolute atomic E-state index is 0.0817. The van der Waals surface area contributed by atoms with Crippen molar-refractivity contribution in [2.45, 2.75) is 45.6 Å². The highest BCUT2D eigenvalue weighted by Gasteiger charge is 2.23. The summed E-state index contributed by atoms with van der Waals surface area (Å²) in [5.74, 6) is -0.406. The third-order valence-corrected chi connectivity index (χ3v) is 6.49. The fraction of sp³-hybridized carbons (Fsp3) is 0.300. The average molecular weight is 500 g/mol. The SMILES string of the molecule is COc1ccc2cc(-c3cc(C(C)(C)C)nn3[C@@H](C)c3ccc(C(=O)NCCC(=O)O)cc3)ccc2c1. The zero-order valence-corrected chi connectivity index (χ0v) is 21.9. The van der Waals surface area contributed by atoms with Crippen LogP contribution >= 0.6 is 0 Å². The van der Waals surface area contributed by atoms with E-state index in [2.05, 4.69) is 63.3 Å². The molecule has 4 rings (SSSR count). The summed E-state index contributed by atoms with van der Waals surface area (Å²) < 4.78 is 7.42. The Balaban J connectivity index is 1.67. The monoisotopic (exact) mass is 499 g/mol. The number of nitrogens with zero attached hydrogens (tertiary/aromatic N) is 2. The van der Waals surface area contributed by atoms with Gasteiger partial charge in [0.2, 0.25) is 0 Å². The number of carboxylic acids is 1. The van der Waals surface area contributed by atoms with E-state index in [4.69, 9.17) is 14.9 Å². The summed E-state index contributed by atoms with van der Waals surface area (Å²) in [4.78, 5) is 23.0. The molecule has 0 aliphatic heterocycles. The molecule has 0 saturated heterocycles. The topological polar surface area (TPSA) is 93.5 Å². The first-order valence-corrected chi connectivity index (χ1v) is 12.3. The van der Waals surface area contributed by atoms with Crippen molar-refractivity contribution in [2.75, 3.05) is 13.7 Å². The number of carboxylic acid groups (broad SMARTS) is 1. The maximum Gasteiger partial charge on any atom is 0.305 e. The second-order valence-electron chi connectivity index (χ2n) is 10.2. The molecule has 4 aromatic rings. The Labute approximate surface area is 217 Å². The van der Waals surface area contributed by atoms with E-state index >= 15 is 0 Å². The first kappa shape index (κ1) is 25.9. The van der Waals surface area contributed by atoms with E-state index in [-0.39, 0.29) is 30.3 Å². The predicted octanol–water partition coefficient (Wildman–Crippen LogP) is 5.82. The van der Waals surface area contributed by atoms with Crippen molar-refractivity contribution in [3.8, 4) is 17.0 Å². The lowest BCUT2D eigenvalue weighted by atomic mass is 9.92. The fourth-order valence-electron chi connectivity index (χ4n) is 4.22. The van der Waals surface area contributed by atoms with E-state index in [1.54, 1.807) is 19.2 Å². The molecule has 0 saturated carbocycles. The molecule has 0 unspecified atom stereocenters. The van der Waals surface area contributed by atoms with Crippen LogP contribution in [0.4, 0.5) is 0 Å². The summed E-state index contributed by atoms with van der Waals surface area (Å²) in [5, 5.41) is 18.7. The molecule has 7 nitrogen and oxygen atoms in total. The third kappa shape index (κ3) is 5.82. The number of amides is 1. The molecule has 0 bridgehead atoms. The molecule has 0 fully saturated rings. The summed E-state index contributed by atoms with van der Waals surface area (Å²) in [6.07, 6.45) is -0.110. The summed E-state index contributed by atoms with van der Waals surface area (Å²) in [7, 11) is 1.67. The highest BCUT2D eigenvalue weighted by atomic mass is 16.5. The number of benzene rings is 3. The minimum Gasteiger partial charge on any atom is -0.497 e. The van der Waals surface area contributed by atoms with Crippen molar-refractivity contribution < 1.29 is 19.4 Å². The smallest absolute Gasteiger partial charge is 0.305 e. The average Bonchev–Trinajstić information content (AvgIpc) is 3.34. The number of carbonyl (C=O) groups is 2. The van der Waals surface area contributed by atoms with Crippen LogP contribution in [0, 0.1) is 0 Å². The molecule has 3 aromatic carbocycles. The van der Waals surface area contributed by atoms with Gasteiger partial charge in [-0.1, -0.05) is 51.1 Å². The molecule has 0 spiro atoms. The highest BCUT2D eigenvalue weighted by molar-refractivity contribution is 5.94. The largest absolute Gasteiger partial charge is 0.497 e. The normalized spacial score (nSPS) is 12.4. The van der Waals surface area contributed by atoms with Crippen LogP contribution in [0.15, 0.2) is 66.7 Å². The van der Waals surface area contributed by atoms with Gasteiger partial charge >= 0.3 is 5.97 Å². The van der Waals surface area contributed by atoms with E-state index in [0.717, 1.165) is 39.0 Å². The number of hydrogen-bond acceptors (Lipinski definition) is 4. The lowest BCUT2D eigenvalue weighted by molar-refractivity contribution is -0.136. The van der Waals surface area contributed by atoms with E-state index in [1.807, 2.05) is 28.9 Å². The molecule has 1 atom stereocenters. The summed E-state index contributed by atoms with van der Waals surface area (Å²) in [6.45, 7) is 8.64. The number of hydrogen-bond donors (Lipinski definition) is 2. The molecule has 1 amide bonds. The van der Waals surface area contributed by atoms with E-state index < -0.39 is 5.97 Å². The Hall–Kier alpha value is -4.13. The maximum absolute atomic E-state index is 12.3. The number of aliphatic carboxylic acids is 1. The summed E-state index contributed by atoms with van der Waals surface area (Å²) >= 11 is 0. The number of methoxy groups -OCH3 is 1. The van der Waals surface area contributed by atoms with Crippen LogP contribution in [0.3, 0.4) is 0 Å². The zero-order chi connectivity index (χ0) is 26.7. The van der Waals surface area contributed by atoms with Gasteiger partial charge < -0.3 is 15.2 Å². The lowest BCUT2D eigenvalue weighted by Gasteiger charge is -2.18. The van der Waals surface area contributed by atoms with Crippen LogP contribution < -0.4 is 10.1 Å². The van der Waals surface area contributed by atoms with Crippen molar-refractivity contribution in [2.24, 2.45) is 0 Å². The molecule has 1 heterocycles. The summed E-state index contributed by atoms with van der Waals surface area (Å²) in [5.41, 5.74) is 4.47. The van der Waals surface area contributed by atoms with Crippen molar-refractivity contribution >= 4 is 22.6 Å². The van der Waals surface area contributed by atoms with E-state index in [1.165, 1.54) is 0 Å². The number of nitrogens with one attached hydrogen (secondary N) is 1. The van der Waals surface area contributed by atoms with Gasteiger partial charge in [0, 0.05) is 23.1 Å². The van der Waals surface area contributed by atoms with Gasteiger partial charge in [0.1, 0.15) is 5.75 Å². The molecule has 0 aliphatic rings. The first-order chi connectivity index (χ1) is 17.6. The van der Waals surface area contributed by atoms with Crippen molar-refractivity contribution in [3.63, 3.8) is 0 Å². The third-order valence-electron chi connectivity index (χ3n) is 6.49. The zero-order valence-electron chi connectivity index (χ0n) is 21.9. The predicted molar refractivity (Wildman–Crippen MR) is 145 cm³/mol. The fourth-order valence-corrected chi connectivity index (χ4v) is 4.22. The molecule has 0 aliphatic carbocycles. The standard InChI is InChI=1S/C30H33N3O4/c1-19(20-6-8-21(9-7-20)29(36)31-15-14-28(34)35)33-26(18-27(32-33)30(2,3)4)24-11-10-23-17-25(37-5)13-12-22(23)16-24/h6-13,16-19H,14-15H2,1-5H3,(H,31,36)(H,34,35)/t19-/m0/s1. The van der Waals surface area contributed by atoms with Crippen LogP contribution in [0.25, 0.3) is 22.0 Å².